The fraction of sp³-hybridized carbons (Fsp3) is 0.429. The van der Waals surface area contributed by atoms with Gasteiger partial charge in [-0.3, -0.25) is 4.79 Å². The van der Waals surface area contributed by atoms with Gasteiger partial charge in [0.05, 0.1) is 15.0 Å². The third-order valence-electron chi connectivity index (χ3n) is 2.98. The van der Waals surface area contributed by atoms with E-state index in [4.69, 9.17) is 11.6 Å². The highest BCUT2D eigenvalue weighted by Gasteiger charge is 2.16. The van der Waals surface area contributed by atoms with E-state index in [-0.39, 0.29) is 10.7 Å². The van der Waals surface area contributed by atoms with Gasteiger partial charge in [0, 0.05) is 5.02 Å². The summed E-state index contributed by atoms with van der Waals surface area (Å²) in [6.07, 6.45) is 2.93. The number of nitrogens with one attached hydrogen (secondary N) is 1. The molecule has 1 atom stereocenters. The SMILES string of the molecule is CCCCC(Br)C(=O)Nc1nc2c(C)cc(Cl)cc2s1. The van der Waals surface area contributed by atoms with Gasteiger partial charge in [-0.25, -0.2) is 4.98 Å². The van der Waals surface area contributed by atoms with Crippen molar-refractivity contribution >= 4 is 60.1 Å². The van der Waals surface area contributed by atoms with Crippen molar-refractivity contribution < 1.29 is 4.79 Å². The summed E-state index contributed by atoms with van der Waals surface area (Å²) < 4.78 is 0.991. The number of nitrogens with zero attached hydrogens (tertiary/aromatic N) is 1. The number of amides is 1. The van der Waals surface area contributed by atoms with Gasteiger partial charge in [0.25, 0.3) is 0 Å². The number of fused-ring (bicyclic) bond motifs is 1. The van der Waals surface area contributed by atoms with Gasteiger partial charge in [-0.05, 0) is 31.0 Å². The summed E-state index contributed by atoms with van der Waals surface area (Å²) in [5, 5.41) is 4.18. The molecule has 1 aromatic heterocycles. The smallest absolute Gasteiger partial charge is 0.239 e. The fourth-order valence-corrected chi connectivity index (χ4v) is 3.67. The van der Waals surface area contributed by atoms with E-state index in [0.717, 1.165) is 35.0 Å². The van der Waals surface area contributed by atoms with Gasteiger partial charge in [-0.15, -0.1) is 0 Å². The molecule has 6 heteroatoms. The number of halogens is 2. The van der Waals surface area contributed by atoms with Crippen LogP contribution in [0.2, 0.25) is 5.02 Å². The molecule has 1 amide bonds. The molecule has 1 aromatic carbocycles. The highest BCUT2D eigenvalue weighted by atomic mass is 79.9. The number of alkyl halides is 1. The summed E-state index contributed by atoms with van der Waals surface area (Å²) in [7, 11) is 0. The number of carbonyl (C=O) groups excluding carboxylic acids is 1. The van der Waals surface area contributed by atoms with Gasteiger partial charge in [0.2, 0.25) is 5.91 Å². The molecule has 0 fully saturated rings. The van der Waals surface area contributed by atoms with Crippen molar-refractivity contribution in [3.05, 3.63) is 22.7 Å². The lowest BCUT2D eigenvalue weighted by Crippen LogP contribution is -2.22. The van der Waals surface area contributed by atoms with E-state index in [1.54, 1.807) is 0 Å². The maximum absolute atomic E-state index is 12.0. The molecule has 0 saturated carbocycles. The third-order valence-corrected chi connectivity index (χ3v) is 4.99. The molecule has 0 aliphatic carbocycles. The highest BCUT2D eigenvalue weighted by Crippen LogP contribution is 2.31. The topological polar surface area (TPSA) is 42.0 Å². The number of benzene rings is 1. The van der Waals surface area contributed by atoms with Crippen molar-refractivity contribution in [2.45, 2.75) is 37.9 Å². The molecule has 0 aliphatic rings. The monoisotopic (exact) mass is 374 g/mol. The first kappa shape index (κ1) is 15.7. The molecule has 2 rings (SSSR count). The van der Waals surface area contributed by atoms with Crippen molar-refractivity contribution in [1.29, 1.82) is 0 Å². The van der Waals surface area contributed by atoms with Crippen LogP contribution in [0.15, 0.2) is 12.1 Å². The van der Waals surface area contributed by atoms with Crippen LogP contribution in [0.3, 0.4) is 0 Å². The molecule has 20 heavy (non-hydrogen) atoms. The molecule has 108 valence electrons. The summed E-state index contributed by atoms with van der Waals surface area (Å²) in [6, 6.07) is 3.75. The van der Waals surface area contributed by atoms with E-state index in [2.05, 4.69) is 33.2 Å². The average molecular weight is 376 g/mol. The van der Waals surface area contributed by atoms with E-state index < -0.39 is 0 Å². The molecule has 0 saturated heterocycles. The summed E-state index contributed by atoms with van der Waals surface area (Å²) in [4.78, 5) is 16.3. The Morgan fingerprint density at radius 1 is 1.55 bits per heavy atom. The molecule has 0 aliphatic heterocycles. The molecule has 1 N–H and O–H groups in total. The predicted molar refractivity (Wildman–Crippen MR) is 90.2 cm³/mol. The average Bonchev–Trinajstić information content (AvgIpc) is 2.78. The van der Waals surface area contributed by atoms with Crippen molar-refractivity contribution in [2.24, 2.45) is 0 Å². The highest BCUT2D eigenvalue weighted by molar-refractivity contribution is 9.10. The Hall–Kier alpha value is -0.650. The maximum atomic E-state index is 12.0. The van der Waals surface area contributed by atoms with Crippen LogP contribution in [0, 0.1) is 6.92 Å². The van der Waals surface area contributed by atoms with Crippen LogP contribution in [0.4, 0.5) is 5.13 Å². The Labute approximate surface area is 135 Å². The zero-order valence-electron chi connectivity index (χ0n) is 11.4. The van der Waals surface area contributed by atoms with E-state index in [1.807, 2.05) is 19.1 Å². The molecule has 0 spiro atoms. The summed E-state index contributed by atoms with van der Waals surface area (Å²) in [6.45, 7) is 4.08. The summed E-state index contributed by atoms with van der Waals surface area (Å²) in [5.41, 5.74) is 1.92. The second-order valence-corrected chi connectivity index (χ2v) is 7.26. The minimum Gasteiger partial charge on any atom is -0.301 e. The Morgan fingerprint density at radius 2 is 2.30 bits per heavy atom. The van der Waals surface area contributed by atoms with E-state index in [9.17, 15) is 4.79 Å². The number of hydrogen-bond acceptors (Lipinski definition) is 3. The molecule has 0 radical (unpaired) electrons. The quantitative estimate of drug-likeness (QED) is 0.734. The number of anilines is 1. The molecular formula is C14H16BrClN2OS. The van der Waals surface area contributed by atoms with E-state index in [0.29, 0.717) is 10.2 Å². The van der Waals surface area contributed by atoms with E-state index >= 15 is 0 Å². The molecule has 2 aromatic rings. The lowest BCUT2D eigenvalue weighted by atomic mass is 10.2. The normalized spacial score (nSPS) is 12.6. The number of hydrogen-bond donors (Lipinski definition) is 1. The van der Waals surface area contributed by atoms with E-state index in [1.165, 1.54) is 11.3 Å². The van der Waals surface area contributed by atoms with Crippen molar-refractivity contribution in [3.8, 4) is 0 Å². The number of rotatable bonds is 5. The van der Waals surface area contributed by atoms with Crippen LogP contribution in [0.5, 0.6) is 0 Å². The lowest BCUT2D eigenvalue weighted by molar-refractivity contribution is -0.115. The Kier molecular flexibility index (Phi) is 5.41. The van der Waals surface area contributed by atoms with Crippen molar-refractivity contribution in [2.75, 3.05) is 5.32 Å². The second kappa shape index (κ2) is 6.87. The standard InChI is InChI=1S/C14H16BrClN2OS/c1-3-4-5-10(15)13(19)18-14-17-12-8(2)6-9(16)7-11(12)20-14/h6-7,10H,3-5H2,1-2H3,(H,17,18,19). The van der Waals surface area contributed by atoms with Crippen LogP contribution in [0.25, 0.3) is 10.2 Å². The fourth-order valence-electron chi connectivity index (χ4n) is 1.91. The Balaban J connectivity index is 2.14. The van der Waals surface area contributed by atoms with Crippen LogP contribution in [-0.2, 0) is 4.79 Å². The van der Waals surface area contributed by atoms with Gasteiger partial charge in [-0.1, -0.05) is 58.6 Å². The van der Waals surface area contributed by atoms with Crippen LogP contribution < -0.4 is 5.32 Å². The molecule has 1 unspecified atom stereocenters. The second-order valence-electron chi connectivity index (χ2n) is 4.69. The van der Waals surface area contributed by atoms with Crippen LogP contribution in [0.1, 0.15) is 31.7 Å². The number of thiazole rings is 1. The van der Waals surface area contributed by atoms with Crippen molar-refractivity contribution in [3.63, 3.8) is 0 Å². The maximum Gasteiger partial charge on any atom is 0.239 e. The van der Waals surface area contributed by atoms with Gasteiger partial charge in [0.1, 0.15) is 0 Å². The number of aromatic nitrogens is 1. The molecule has 1 heterocycles. The Morgan fingerprint density at radius 3 is 3.00 bits per heavy atom. The zero-order chi connectivity index (χ0) is 14.7. The molecule has 0 bridgehead atoms. The first-order valence-corrected chi connectivity index (χ1v) is 8.64. The molecule has 3 nitrogen and oxygen atoms in total. The molecular weight excluding hydrogens is 360 g/mol. The number of aryl methyl sites for hydroxylation is 1. The Bertz CT molecular complexity index is 629. The van der Waals surface area contributed by atoms with Gasteiger partial charge in [0.15, 0.2) is 5.13 Å². The minimum absolute atomic E-state index is 0.0405. The lowest BCUT2D eigenvalue weighted by Gasteiger charge is -2.07. The number of carbonyl (C=O) groups is 1. The van der Waals surface area contributed by atoms with Crippen LogP contribution >= 0.6 is 38.9 Å². The first-order chi connectivity index (χ1) is 9.51. The van der Waals surface area contributed by atoms with Crippen LogP contribution in [-0.4, -0.2) is 15.7 Å². The third kappa shape index (κ3) is 3.71. The first-order valence-electron chi connectivity index (χ1n) is 6.53. The predicted octanol–water partition coefficient (Wildman–Crippen LogP) is 5.15. The summed E-state index contributed by atoms with van der Waals surface area (Å²) >= 11 is 10.9. The van der Waals surface area contributed by atoms with Crippen molar-refractivity contribution in [1.82, 2.24) is 4.98 Å². The van der Waals surface area contributed by atoms with Gasteiger partial charge in [-0.2, -0.15) is 0 Å². The summed E-state index contributed by atoms with van der Waals surface area (Å²) in [5.74, 6) is -0.0405. The zero-order valence-corrected chi connectivity index (χ0v) is 14.5. The van der Waals surface area contributed by atoms with Gasteiger partial charge >= 0.3 is 0 Å². The van der Waals surface area contributed by atoms with Gasteiger partial charge < -0.3 is 5.32 Å². The minimum atomic E-state index is -0.167. The largest absolute Gasteiger partial charge is 0.301 e. The number of unbranched alkanes of at least 4 members (excludes halogenated alkanes) is 1.